The van der Waals surface area contributed by atoms with Crippen LogP contribution < -0.4 is 5.32 Å². The van der Waals surface area contributed by atoms with Gasteiger partial charge in [-0.3, -0.25) is 4.39 Å². The molecule has 0 aromatic heterocycles. The summed E-state index contributed by atoms with van der Waals surface area (Å²) in [5.74, 6) is -0.167. The average molecular weight is 199 g/mol. The van der Waals surface area contributed by atoms with Crippen molar-refractivity contribution in [3.63, 3.8) is 0 Å². The first kappa shape index (κ1) is 11.1. The molecule has 0 saturated heterocycles. The summed E-state index contributed by atoms with van der Waals surface area (Å²) in [5, 5.41) is 3.06. The Balaban J connectivity index is 2.21. The van der Waals surface area contributed by atoms with Gasteiger partial charge in [0.2, 0.25) is 0 Å². The molecule has 0 aliphatic rings. The van der Waals surface area contributed by atoms with Crippen molar-refractivity contribution < 1.29 is 8.78 Å². The normalized spacial score (nSPS) is 10.4. The molecule has 1 rings (SSSR count). The van der Waals surface area contributed by atoms with Crippen molar-refractivity contribution in [3.8, 4) is 0 Å². The van der Waals surface area contributed by atoms with Crippen molar-refractivity contribution >= 4 is 0 Å². The summed E-state index contributed by atoms with van der Waals surface area (Å²) in [4.78, 5) is 0. The van der Waals surface area contributed by atoms with Crippen LogP contribution in [-0.2, 0) is 6.42 Å². The molecule has 0 amide bonds. The van der Waals surface area contributed by atoms with Gasteiger partial charge < -0.3 is 5.32 Å². The van der Waals surface area contributed by atoms with Crippen LogP contribution in [0.5, 0.6) is 0 Å². The number of nitrogens with one attached hydrogen (secondary N) is 1. The molecule has 0 saturated carbocycles. The first-order chi connectivity index (χ1) is 6.84. The molecule has 0 spiro atoms. The third-order valence-electron chi connectivity index (χ3n) is 2.02. The summed E-state index contributed by atoms with van der Waals surface area (Å²) in [6.07, 6.45) is 1.18. The Morgan fingerprint density at radius 2 is 1.93 bits per heavy atom. The zero-order valence-electron chi connectivity index (χ0n) is 8.10. The van der Waals surface area contributed by atoms with Gasteiger partial charge in [0.25, 0.3) is 0 Å². The lowest BCUT2D eigenvalue weighted by molar-refractivity contribution is 0.459. The molecule has 0 aliphatic heterocycles. The summed E-state index contributed by atoms with van der Waals surface area (Å²) < 4.78 is 24.8. The Morgan fingerprint density at radius 3 is 2.64 bits per heavy atom. The standard InChI is InChI=1S/C11H15F2N/c12-7-3-8-14-9-6-10-4-1-2-5-11(10)13/h1-2,4-5,14H,3,6-9H2. The van der Waals surface area contributed by atoms with Crippen molar-refractivity contribution in [2.75, 3.05) is 19.8 Å². The molecule has 0 unspecified atom stereocenters. The van der Waals surface area contributed by atoms with E-state index < -0.39 is 0 Å². The molecule has 0 radical (unpaired) electrons. The molecule has 0 bridgehead atoms. The Labute approximate surface area is 83.1 Å². The molecule has 1 nitrogen and oxygen atoms in total. The zero-order chi connectivity index (χ0) is 10.2. The fraction of sp³-hybridized carbons (Fsp3) is 0.455. The van der Waals surface area contributed by atoms with E-state index in [1.807, 2.05) is 6.07 Å². The van der Waals surface area contributed by atoms with E-state index in [0.29, 0.717) is 31.5 Å². The van der Waals surface area contributed by atoms with Crippen LogP contribution in [0.3, 0.4) is 0 Å². The van der Waals surface area contributed by atoms with Crippen molar-refractivity contribution in [2.24, 2.45) is 0 Å². The summed E-state index contributed by atoms with van der Waals surface area (Å²) in [5.41, 5.74) is 0.709. The van der Waals surface area contributed by atoms with Gasteiger partial charge in [-0.05, 0) is 37.6 Å². The third-order valence-corrected chi connectivity index (χ3v) is 2.02. The van der Waals surface area contributed by atoms with E-state index in [9.17, 15) is 8.78 Å². The molecule has 14 heavy (non-hydrogen) atoms. The fourth-order valence-corrected chi connectivity index (χ4v) is 1.24. The van der Waals surface area contributed by atoms with E-state index in [2.05, 4.69) is 5.32 Å². The maximum atomic E-state index is 13.1. The maximum Gasteiger partial charge on any atom is 0.126 e. The average Bonchev–Trinajstić information content (AvgIpc) is 2.20. The van der Waals surface area contributed by atoms with Crippen molar-refractivity contribution in [1.29, 1.82) is 0 Å². The van der Waals surface area contributed by atoms with Gasteiger partial charge in [-0.15, -0.1) is 0 Å². The van der Waals surface area contributed by atoms with Crippen LogP contribution in [0.1, 0.15) is 12.0 Å². The van der Waals surface area contributed by atoms with E-state index in [1.54, 1.807) is 12.1 Å². The molecule has 0 fully saturated rings. The van der Waals surface area contributed by atoms with Gasteiger partial charge in [0.05, 0.1) is 6.67 Å². The van der Waals surface area contributed by atoms with Crippen LogP contribution in [-0.4, -0.2) is 19.8 Å². The van der Waals surface area contributed by atoms with Crippen LogP contribution in [0.15, 0.2) is 24.3 Å². The summed E-state index contributed by atoms with van der Waals surface area (Å²) in [7, 11) is 0. The summed E-state index contributed by atoms with van der Waals surface area (Å²) in [6.45, 7) is 1.05. The zero-order valence-corrected chi connectivity index (χ0v) is 8.10. The molecule has 1 aromatic carbocycles. The van der Waals surface area contributed by atoms with Gasteiger partial charge in [-0.25, -0.2) is 4.39 Å². The van der Waals surface area contributed by atoms with Gasteiger partial charge in [0, 0.05) is 0 Å². The number of hydrogen-bond donors (Lipinski definition) is 1. The Morgan fingerprint density at radius 1 is 1.14 bits per heavy atom. The summed E-state index contributed by atoms with van der Waals surface area (Å²) in [6, 6.07) is 6.72. The SMILES string of the molecule is FCCCNCCc1ccccc1F. The van der Waals surface area contributed by atoms with Crippen molar-refractivity contribution in [1.82, 2.24) is 5.32 Å². The van der Waals surface area contributed by atoms with Crippen LogP contribution in [0, 0.1) is 5.82 Å². The maximum absolute atomic E-state index is 13.1. The van der Waals surface area contributed by atoms with Gasteiger partial charge in [0.15, 0.2) is 0 Å². The molecule has 78 valence electrons. The molecule has 0 atom stereocenters. The highest BCUT2D eigenvalue weighted by molar-refractivity contribution is 5.17. The largest absolute Gasteiger partial charge is 0.316 e. The van der Waals surface area contributed by atoms with Gasteiger partial charge in [0.1, 0.15) is 5.82 Å². The lowest BCUT2D eigenvalue weighted by Crippen LogP contribution is -2.19. The highest BCUT2D eigenvalue weighted by Crippen LogP contribution is 2.05. The van der Waals surface area contributed by atoms with E-state index >= 15 is 0 Å². The number of alkyl halides is 1. The van der Waals surface area contributed by atoms with E-state index in [0.717, 1.165) is 0 Å². The highest BCUT2D eigenvalue weighted by Gasteiger charge is 1.98. The molecular weight excluding hydrogens is 184 g/mol. The monoisotopic (exact) mass is 199 g/mol. The van der Waals surface area contributed by atoms with Crippen LogP contribution in [0.4, 0.5) is 8.78 Å². The molecule has 3 heteroatoms. The van der Waals surface area contributed by atoms with Gasteiger partial charge >= 0.3 is 0 Å². The van der Waals surface area contributed by atoms with Crippen LogP contribution in [0.2, 0.25) is 0 Å². The van der Waals surface area contributed by atoms with E-state index in [-0.39, 0.29) is 12.5 Å². The third kappa shape index (κ3) is 3.83. The predicted octanol–water partition coefficient (Wildman–Crippen LogP) is 2.32. The number of rotatable bonds is 6. The molecule has 1 aromatic rings. The van der Waals surface area contributed by atoms with Crippen LogP contribution >= 0.6 is 0 Å². The molecule has 0 heterocycles. The fourth-order valence-electron chi connectivity index (χ4n) is 1.24. The lowest BCUT2D eigenvalue weighted by Gasteiger charge is -2.04. The van der Waals surface area contributed by atoms with Gasteiger partial charge in [-0.1, -0.05) is 18.2 Å². The minimum atomic E-state index is -0.299. The quantitative estimate of drug-likeness (QED) is 0.693. The second kappa shape index (κ2) is 6.49. The Kier molecular flexibility index (Phi) is 5.15. The predicted molar refractivity (Wildman–Crippen MR) is 53.6 cm³/mol. The topological polar surface area (TPSA) is 12.0 Å². The van der Waals surface area contributed by atoms with E-state index in [4.69, 9.17) is 0 Å². The molecular formula is C11H15F2N. The highest BCUT2D eigenvalue weighted by atomic mass is 19.1. The summed E-state index contributed by atoms with van der Waals surface area (Å²) >= 11 is 0. The smallest absolute Gasteiger partial charge is 0.126 e. The number of hydrogen-bond acceptors (Lipinski definition) is 1. The van der Waals surface area contributed by atoms with E-state index in [1.165, 1.54) is 6.07 Å². The molecule has 0 aliphatic carbocycles. The van der Waals surface area contributed by atoms with Crippen molar-refractivity contribution in [2.45, 2.75) is 12.8 Å². The van der Waals surface area contributed by atoms with Crippen LogP contribution in [0.25, 0.3) is 0 Å². The minimum absolute atomic E-state index is 0.167. The Bertz CT molecular complexity index is 263. The van der Waals surface area contributed by atoms with Crippen molar-refractivity contribution in [3.05, 3.63) is 35.6 Å². The van der Waals surface area contributed by atoms with Gasteiger partial charge in [-0.2, -0.15) is 0 Å². The second-order valence-corrected chi connectivity index (χ2v) is 3.13. The molecule has 1 N–H and O–H groups in total. The first-order valence-electron chi connectivity index (χ1n) is 4.84. The number of benzene rings is 1. The second-order valence-electron chi connectivity index (χ2n) is 3.13. The minimum Gasteiger partial charge on any atom is -0.316 e. The Hall–Kier alpha value is -0.960. The number of halogens is 2. The first-order valence-corrected chi connectivity index (χ1v) is 4.84. The lowest BCUT2D eigenvalue weighted by atomic mass is 10.1.